The van der Waals surface area contributed by atoms with Crippen LogP contribution in [0.5, 0.6) is 0 Å². The first-order valence-corrected chi connectivity index (χ1v) is 6.89. The number of alkyl halides is 2. The zero-order valence-corrected chi connectivity index (χ0v) is 9.73. The average molecular weight is 249 g/mol. The van der Waals surface area contributed by atoms with Gasteiger partial charge in [-0.3, -0.25) is 4.57 Å². The van der Waals surface area contributed by atoms with E-state index < -0.39 is 12.7 Å². The lowest BCUT2D eigenvalue weighted by Gasteiger charge is -2.10. The van der Waals surface area contributed by atoms with Crippen LogP contribution in [0.3, 0.4) is 0 Å². The number of hydrogen-bond acceptors (Lipinski definition) is 1. The molecule has 0 heterocycles. The Labute approximate surface area is 88.6 Å². The van der Waals surface area contributed by atoms with Gasteiger partial charge in [0.1, 0.15) is 5.12 Å². The van der Waals surface area contributed by atoms with E-state index >= 15 is 0 Å². The highest BCUT2D eigenvalue weighted by molar-refractivity contribution is 7.54. The third kappa shape index (κ3) is 7.77. The van der Waals surface area contributed by atoms with Gasteiger partial charge in [0, 0.05) is 5.88 Å². The van der Waals surface area contributed by atoms with Crippen molar-refractivity contribution in [2.24, 2.45) is 0 Å². The summed E-state index contributed by atoms with van der Waals surface area (Å²) < 4.78 is 10.6. The molecule has 0 amide bonds. The molecule has 1 unspecified atom stereocenters. The van der Waals surface area contributed by atoms with E-state index in [4.69, 9.17) is 33.0 Å². The van der Waals surface area contributed by atoms with Crippen LogP contribution in [0.2, 0.25) is 0 Å². The maximum atomic E-state index is 10.6. The minimum Gasteiger partial charge on any atom is -0.323 e. The van der Waals surface area contributed by atoms with E-state index in [0.717, 1.165) is 25.7 Å². The Hall–Kier alpha value is 0.730. The van der Waals surface area contributed by atoms with Crippen molar-refractivity contribution in [1.29, 1.82) is 0 Å². The van der Waals surface area contributed by atoms with Gasteiger partial charge in [-0.25, -0.2) is 0 Å². The SMILES string of the molecule is O=P(O)(O)C(Cl)CCCCCCCl. The Morgan fingerprint density at radius 2 is 1.69 bits per heavy atom. The van der Waals surface area contributed by atoms with E-state index in [9.17, 15) is 4.57 Å². The fourth-order valence-electron chi connectivity index (χ4n) is 0.929. The van der Waals surface area contributed by atoms with Gasteiger partial charge in [0.25, 0.3) is 0 Å². The molecule has 0 saturated carbocycles. The van der Waals surface area contributed by atoms with Crippen molar-refractivity contribution in [2.45, 2.75) is 37.2 Å². The number of rotatable bonds is 7. The van der Waals surface area contributed by atoms with E-state index in [-0.39, 0.29) is 0 Å². The van der Waals surface area contributed by atoms with Crippen LogP contribution in [0.1, 0.15) is 32.1 Å². The van der Waals surface area contributed by atoms with Crippen molar-refractivity contribution >= 4 is 30.8 Å². The predicted molar refractivity (Wildman–Crippen MR) is 55.5 cm³/mol. The lowest BCUT2D eigenvalue weighted by molar-refractivity contribution is 0.365. The van der Waals surface area contributed by atoms with Crippen molar-refractivity contribution in [3.8, 4) is 0 Å². The summed E-state index contributed by atoms with van der Waals surface area (Å²) in [5, 5.41) is -1.02. The standard InChI is InChI=1S/C7H15Cl2O3P/c8-6-4-2-1-3-5-7(9)13(10,11)12/h7H,1-6H2,(H2,10,11,12). The number of hydrogen-bond donors (Lipinski definition) is 2. The van der Waals surface area contributed by atoms with Gasteiger partial charge in [0.15, 0.2) is 0 Å². The van der Waals surface area contributed by atoms with Crippen LogP contribution in [0.25, 0.3) is 0 Å². The van der Waals surface area contributed by atoms with E-state index in [1.807, 2.05) is 0 Å². The molecule has 0 bridgehead atoms. The van der Waals surface area contributed by atoms with E-state index in [1.54, 1.807) is 0 Å². The van der Waals surface area contributed by atoms with Crippen LogP contribution in [0.15, 0.2) is 0 Å². The molecule has 0 aromatic heterocycles. The summed E-state index contributed by atoms with van der Waals surface area (Å²) >= 11 is 10.9. The lowest BCUT2D eigenvalue weighted by atomic mass is 10.2. The van der Waals surface area contributed by atoms with Crippen LogP contribution in [0.4, 0.5) is 0 Å². The Morgan fingerprint density at radius 1 is 1.15 bits per heavy atom. The normalized spacial score (nSPS) is 14.5. The van der Waals surface area contributed by atoms with Gasteiger partial charge in [-0.05, 0) is 12.8 Å². The fraction of sp³-hybridized carbons (Fsp3) is 1.00. The van der Waals surface area contributed by atoms with Crippen molar-refractivity contribution in [2.75, 3.05) is 5.88 Å². The smallest absolute Gasteiger partial charge is 0.323 e. The second kappa shape index (κ2) is 7.08. The Bertz CT molecular complexity index is 171. The molecule has 0 aliphatic heterocycles. The topological polar surface area (TPSA) is 57.5 Å². The summed E-state index contributed by atoms with van der Waals surface area (Å²) in [4.78, 5) is 17.3. The maximum Gasteiger partial charge on any atom is 0.343 e. The van der Waals surface area contributed by atoms with Gasteiger partial charge >= 0.3 is 7.60 Å². The quantitative estimate of drug-likeness (QED) is 0.414. The minimum atomic E-state index is -4.07. The molecule has 0 spiro atoms. The molecule has 0 saturated heterocycles. The van der Waals surface area contributed by atoms with Gasteiger partial charge in [0.2, 0.25) is 0 Å². The Balaban J connectivity index is 3.38. The molecule has 0 aromatic rings. The molecule has 13 heavy (non-hydrogen) atoms. The second-order valence-electron chi connectivity index (χ2n) is 2.92. The zero-order chi connectivity index (χ0) is 10.3. The summed E-state index contributed by atoms with van der Waals surface area (Å²) in [6.07, 6.45) is 3.99. The van der Waals surface area contributed by atoms with Crippen molar-refractivity contribution in [3.05, 3.63) is 0 Å². The second-order valence-corrected chi connectivity index (χ2v) is 5.93. The molecule has 0 fully saturated rings. The van der Waals surface area contributed by atoms with Crippen molar-refractivity contribution < 1.29 is 14.4 Å². The Kier molecular flexibility index (Phi) is 7.48. The zero-order valence-electron chi connectivity index (χ0n) is 7.33. The third-order valence-corrected chi connectivity index (χ3v) is 3.93. The molecule has 3 nitrogen and oxygen atoms in total. The summed E-state index contributed by atoms with van der Waals surface area (Å²) in [7, 11) is -4.07. The molecule has 0 aromatic carbocycles. The molecule has 0 aliphatic rings. The molecule has 6 heteroatoms. The summed E-state index contributed by atoms with van der Waals surface area (Å²) in [6.45, 7) is 0. The molecule has 80 valence electrons. The van der Waals surface area contributed by atoms with Gasteiger partial charge in [0.05, 0.1) is 0 Å². The number of halogens is 2. The molecular weight excluding hydrogens is 234 g/mol. The fourth-order valence-corrected chi connectivity index (χ4v) is 1.79. The van der Waals surface area contributed by atoms with Gasteiger partial charge in [-0.1, -0.05) is 19.3 Å². The van der Waals surface area contributed by atoms with Crippen LogP contribution >= 0.6 is 30.8 Å². The monoisotopic (exact) mass is 248 g/mol. The first kappa shape index (κ1) is 13.7. The summed E-state index contributed by atoms with van der Waals surface area (Å²) in [5.41, 5.74) is 0. The summed E-state index contributed by atoms with van der Waals surface area (Å²) in [6, 6.07) is 0. The highest BCUT2D eigenvalue weighted by atomic mass is 35.5. The van der Waals surface area contributed by atoms with Gasteiger partial charge in [-0.2, -0.15) is 0 Å². The van der Waals surface area contributed by atoms with E-state index in [1.165, 1.54) is 0 Å². The molecule has 0 aliphatic carbocycles. The molecule has 0 radical (unpaired) electrons. The van der Waals surface area contributed by atoms with Crippen LogP contribution < -0.4 is 0 Å². The highest BCUT2D eigenvalue weighted by Gasteiger charge is 2.25. The van der Waals surface area contributed by atoms with Crippen LogP contribution in [-0.4, -0.2) is 20.8 Å². The summed E-state index contributed by atoms with van der Waals surface area (Å²) in [5.74, 6) is 0.642. The average Bonchev–Trinajstić information content (AvgIpc) is 2.02. The van der Waals surface area contributed by atoms with Crippen LogP contribution in [-0.2, 0) is 4.57 Å². The molecule has 2 N–H and O–H groups in total. The highest BCUT2D eigenvalue weighted by Crippen LogP contribution is 2.45. The van der Waals surface area contributed by atoms with Crippen molar-refractivity contribution in [1.82, 2.24) is 0 Å². The first-order valence-electron chi connectivity index (χ1n) is 4.23. The minimum absolute atomic E-state index is 0.369. The Morgan fingerprint density at radius 3 is 2.15 bits per heavy atom. The maximum absolute atomic E-state index is 10.6. The molecule has 1 atom stereocenters. The van der Waals surface area contributed by atoms with E-state index in [0.29, 0.717) is 12.3 Å². The number of unbranched alkanes of at least 4 members (excludes halogenated alkanes) is 3. The van der Waals surface area contributed by atoms with Gasteiger partial charge in [-0.15, -0.1) is 23.2 Å². The first-order chi connectivity index (χ1) is 5.98. The lowest BCUT2D eigenvalue weighted by Crippen LogP contribution is -1.99. The van der Waals surface area contributed by atoms with Crippen LogP contribution in [0, 0.1) is 0 Å². The largest absolute Gasteiger partial charge is 0.343 e. The predicted octanol–water partition coefficient (Wildman–Crippen LogP) is 2.92. The van der Waals surface area contributed by atoms with Crippen molar-refractivity contribution in [3.63, 3.8) is 0 Å². The van der Waals surface area contributed by atoms with Gasteiger partial charge < -0.3 is 9.79 Å². The molecule has 0 rings (SSSR count). The third-order valence-electron chi connectivity index (χ3n) is 1.69. The molecular formula is C7H15Cl2O3P. The van der Waals surface area contributed by atoms with E-state index in [2.05, 4.69) is 0 Å².